The van der Waals surface area contributed by atoms with Crippen LogP contribution in [0.1, 0.15) is 63.9 Å². The molecular weight excluding hydrogens is 485 g/mol. The van der Waals surface area contributed by atoms with Gasteiger partial charge in [-0.15, -0.1) is 0 Å². The van der Waals surface area contributed by atoms with Gasteiger partial charge in [-0.1, -0.05) is 19.1 Å². The lowest BCUT2D eigenvalue weighted by Gasteiger charge is -2.57. The lowest BCUT2D eigenvalue weighted by Crippen LogP contribution is -3.00. The third-order valence-corrected chi connectivity index (χ3v) is 8.92. The Hall–Kier alpha value is -0.330. The smallest absolute Gasteiger partial charge is 0.137 e. The van der Waals surface area contributed by atoms with Crippen molar-refractivity contribution in [2.45, 2.75) is 69.8 Å². The number of nitrogens with zero attached hydrogens (tertiary/aromatic N) is 1. The first-order chi connectivity index (χ1) is 13.9. The third kappa shape index (κ3) is 4.71. The number of halogens is 1. The fraction of sp³-hybridized carbons (Fsp3) is 0.769. The molecule has 4 bridgehead atoms. The lowest BCUT2D eigenvalue weighted by molar-refractivity contribution is -0.918. The van der Waals surface area contributed by atoms with Crippen molar-refractivity contribution in [1.82, 2.24) is 0 Å². The van der Waals surface area contributed by atoms with E-state index in [0.29, 0.717) is 12.0 Å². The van der Waals surface area contributed by atoms with Crippen molar-refractivity contribution < 1.29 is 38.3 Å². The molecule has 0 radical (unpaired) electrons. The van der Waals surface area contributed by atoms with Crippen molar-refractivity contribution in [3.05, 3.63) is 29.8 Å². The molecule has 1 aromatic rings. The molecule has 4 heteroatoms. The Kier molecular flexibility index (Phi) is 6.78. The van der Waals surface area contributed by atoms with Gasteiger partial charge in [-0.2, -0.15) is 0 Å². The van der Waals surface area contributed by atoms with Gasteiger partial charge >= 0.3 is 0 Å². The number of likely N-dealkylation sites (tertiary alicyclic amines) is 1. The number of hydrogen-bond donors (Lipinski definition) is 1. The zero-order valence-corrected chi connectivity index (χ0v) is 21.0. The Labute approximate surface area is 200 Å². The first-order valence-electron chi connectivity index (χ1n) is 12.2. The monoisotopic (exact) mass is 525 g/mol. The Morgan fingerprint density at radius 1 is 1.00 bits per heavy atom. The highest BCUT2D eigenvalue weighted by Crippen LogP contribution is 2.60. The van der Waals surface area contributed by atoms with E-state index in [4.69, 9.17) is 4.74 Å². The van der Waals surface area contributed by atoms with E-state index in [1.807, 2.05) is 0 Å². The predicted molar refractivity (Wildman–Crippen MR) is 117 cm³/mol. The number of aliphatic hydroxyl groups is 1. The van der Waals surface area contributed by atoms with Gasteiger partial charge in [0.25, 0.3) is 0 Å². The van der Waals surface area contributed by atoms with Crippen LogP contribution in [-0.4, -0.2) is 49.0 Å². The number of rotatable bonds is 6. The summed E-state index contributed by atoms with van der Waals surface area (Å²) < 4.78 is 6.98. The molecule has 5 fully saturated rings. The summed E-state index contributed by atoms with van der Waals surface area (Å²) in [6, 6.07) is 8.96. The van der Waals surface area contributed by atoms with Crippen LogP contribution in [-0.2, 0) is 5.41 Å². The molecule has 1 N–H and O–H groups in total. The van der Waals surface area contributed by atoms with E-state index in [1.54, 1.807) is 5.56 Å². The van der Waals surface area contributed by atoms with Gasteiger partial charge in [0.2, 0.25) is 0 Å². The molecule has 1 atom stereocenters. The summed E-state index contributed by atoms with van der Waals surface area (Å²) in [7, 11) is 2.29. The molecule has 30 heavy (non-hydrogen) atoms. The second-order valence-electron chi connectivity index (χ2n) is 11.6. The Balaban J connectivity index is 0.00000218. The van der Waals surface area contributed by atoms with Crippen LogP contribution in [0.15, 0.2) is 24.3 Å². The van der Waals surface area contributed by atoms with Crippen LogP contribution in [0.25, 0.3) is 0 Å². The maximum absolute atomic E-state index is 10.6. The number of aliphatic hydroxyl groups excluding tert-OH is 1. The van der Waals surface area contributed by atoms with Gasteiger partial charge in [-0.25, -0.2) is 0 Å². The number of quaternary nitrogens is 1. The summed E-state index contributed by atoms with van der Waals surface area (Å²) in [5.41, 5.74) is 2.00. The molecule has 6 rings (SSSR count). The molecule has 5 aliphatic rings. The Morgan fingerprint density at radius 3 is 2.07 bits per heavy atom. The topological polar surface area (TPSA) is 29.5 Å². The standard InChI is InChI=1S/C26H40NO2.HI/c1-19-7-9-27(2,10-8-19)17-24(28)18-29-25-5-3-23(4-6-25)26-14-20-11-21(15-26)13-22(12-20)16-26;/h3-6,19-22,24,28H,7-18H2,1-2H3;1H/q+1;/p-1. The van der Waals surface area contributed by atoms with Gasteiger partial charge in [-0.3, -0.25) is 0 Å². The van der Waals surface area contributed by atoms with Crippen molar-refractivity contribution in [2.75, 3.05) is 33.3 Å². The van der Waals surface area contributed by atoms with Gasteiger partial charge in [0.1, 0.15) is 25.0 Å². The Morgan fingerprint density at radius 2 is 1.53 bits per heavy atom. The summed E-state index contributed by atoms with van der Waals surface area (Å²) in [6.45, 7) is 5.91. The molecular formula is C26H40INO2. The third-order valence-electron chi connectivity index (χ3n) is 8.92. The van der Waals surface area contributed by atoms with Gasteiger partial charge in [0, 0.05) is 0 Å². The average Bonchev–Trinajstić information content (AvgIpc) is 2.68. The van der Waals surface area contributed by atoms with E-state index in [9.17, 15) is 5.11 Å². The quantitative estimate of drug-likeness (QED) is 0.454. The minimum absolute atomic E-state index is 0. The van der Waals surface area contributed by atoms with Gasteiger partial charge in [-0.05, 0) is 98.1 Å². The predicted octanol–water partition coefficient (Wildman–Crippen LogP) is 1.77. The van der Waals surface area contributed by atoms with Gasteiger partial charge in [0.05, 0.1) is 20.1 Å². The highest BCUT2D eigenvalue weighted by Gasteiger charge is 2.51. The Bertz CT molecular complexity index is 675. The number of hydrogen-bond acceptors (Lipinski definition) is 2. The van der Waals surface area contributed by atoms with Crippen molar-refractivity contribution in [3.8, 4) is 5.75 Å². The molecule has 4 saturated carbocycles. The van der Waals surface area contributed by atoms with E-state index in [2.05, 4.69) is 38.2 Å². The number of likely N-dealkylation sites (N-methyl/N-ethyl adjacent to an activating group) is 1. The zero-order valence-electron chi connectivity index (χ0n) is 18.9. The summed E-state index contributed by atoms with van der Waals surface area (Å²) in [5.74, 6) is 4.69. The first-order valence-corrected chi connectivity index (χ1v) is 12.2. The van der Waals surface area contributed by atoms with Crippen LogP contribution in [0, 0.1) is 23.7 Å². The molecule has 1 aromatic carbocycles. The van der Waals surface area contributed by atoms with Crippen molar-refractivity contribution >= 4 is 0 Å². The molecule has 0 spiro atoms. The highest BCUT2D eigenvalue weighted by molar-refractivity contribution is 5.34. The molecule has 168 valence electrons. The van der Waals surface area contributed by atoms with Crippen LogP contribution in [0.2, 0.25) is 0 Å². The lowest BCUT2D eigenvalue weighted by atomic mass is 9.48. The molecule has 0 aromatic heterocycles. The fourth-order valence-electron chi connectivity index (χ4n) is 7.63. The van der Waals surface area contributed by atoms with Gasteiger partial charge < -0.3 is 38.3 Å². The van der Waals surface area contributed by atoms with Crippen LogP contribution >= 0.6 is 0 Å². The summed E-state index contributed by atoms with van der Waals surface area (Å²) in [5, 5.41) is 10.6. The zero-order chi connectivity index (χ0) is 20.1. The van der Waals surface area contributed by atoms with E-state index in [1.165, 1.54) is 64.5 Å². The second kappa shape index (κ2) is 8.90. The molecule has 4 aliphatic carbocycles. The number of ether oxygens (including phenoxy) is 1. The molecule has 0 amide bonds. The van der Waals surface area contributed by atoms with Crippen LogP contribution < -0.4 is 28.7 Å². The summed E-state index contributed by atoms with van der Waals surface area (Å²) >= 11 is 0. The highest BCUT2D eigenvalue weighted by atomic mass is 127. The van der Waals surface area contributed by atoms with Crippen LogP contribution in [0.3, 0.4) is 0 Å². The average molecular weight is 526 g/mol. The fourth-order valence-corrected chi connectivity index (χ4v) is 7.63. The second-order valence-corrected chi connectivity index (χ2v) is 11.6. The van der Waals surface area contributed by atoms with Gasteiger partial charge in [0.15, 0.2) is 0 Å². The van der Waals surface area contributed by atoms with E-state index >= 15 is 0 Å². The van der Waals surface area contributed by atoms with Crippen LogP contribution in [0.5, 0.6) is 5.75 Å². The molecule has 1 unspecified atom stereocenters. The van der Waals surface area contributed by atoms with Crippen molar-refractivity contribution in [2.24, 2.45) is 23.7 Å². The summed E-state index contributed by atoms with van der Waals surface area (Å²) in [6.07, 6.45) is 10.9. The normalized spacial score (nSPS) is 40.6. The van der Waals surface area contributed by atoms with E-state index < -0.39 is 6.10 Å². The molecule has 1 saturated heterocycles. The van der Waals surface area contributed by atoms with E-state index in [0.717, 1.165) is 40.4 Å². The minimum Gasteiger partial charge on any atom is -1.00 e. The largest absolute Gasteiger partial charge is 1.00 e. The maximum Gasteiger partial charge on any atom is 0.137 e. The SMILES string of the molecule is CC1CC[N+](C)(CC(O)COc2ccc(C34CC5CC(CC(C5)C3)C4)cc2)CC1.[I-]. The minimum atomic E-state index is -0.392. The molecule has 1 heterocycles. The van der Waals surface area contributed by atoms with Crippen molar-refractivity contribution in [3.63, 3.8) is 0 Å². The molecule has 1 aliphatic heterocycles. The maximum atomic E-state index is 10.6. The van der Waals surface area contributed by atoms with Crippen molar-refractivity contribution in [1.29, 1.82) is 0 Å². The van der Waals surface area contributed by atoms with Crippen LogP contribution in [0.4, 0.5) is 0 Å². The molecule has 3 nitrogen and oxygen atoms in total. The number of piperidine rings is 1. The van der Waals surface area contributed by atoms with E-state index in [-0.39, 0.29) is 24.0 Å². The number of benzene rings is 1. The summed E-state index contributed by atoms with van der Waals surface area (Å²) in [4.78, 5) is 0. The first kappa shape index (κ1) is 22.8.